The highest BCUT2D eigenvalue weighted by Crippen LogP contribution is 2.47. The third-order valence-corrected chi connectivity index (χ3v) is 13.1. The van der Waals surface area contributed by atoms with Crippen molar-refractivity contribution in [1.29, 1.82) is 0 Å². The van der Waals surface area contributed by atoms with E-state index < -0.39 is 6.85 Å². The van der Waals surface area contributed by atoms with Crippen LogP contribution in [0.1, 0.15) is 121 Å². The van der Waals surface area contributed by atoms with Crippen molar-refractivity contribution < 1.29 is 8.85 Å². The van der Waals surface area contributed by atoms with Crippen molar-refractivity contribution in [1.82, 2.24) is 9.55 Å². The average molecular weight is 862 g/mol. The molecule has 332 valence electrons. The smallest absolute Gasteiger partial charge is 0.138 e. The molecule has 0 bridgehead atoms. The van der Waals surface area contributed by atoms with E-state index in [0.29, 0.717) is 23.8 Å². The quantitative estimate of drug-likeness (QED) is 0.167. The Morgan fingerprint density at radius 1 is 0.508 bits per heavy atom. The van der Waals surface area contributed by atoms with Crippen molar-refractivity contribution in [2.45, 2.75) is 119 Å². The number of anilines is 4. The molecule has 0 aliphatic carbocycles. The molecule has 0 radical (unpaired) electrons. The lowest BCUT2D eigenvalue weighted by Gasteiger charge is -2.29. The number of para-hydroxylation sites is 2. The Labute approximate surface area is 391 Å². The van der Waals surface area contributed by atoms with E-state index in [1.54, 1.807) is 6.20 Å². The molecule has 0 unspecified atom stereocenters. The molecule has 5 nitrogen and oxygen atoms in total. The lowest BCUT2D eigenvalue weighted by Crippen LogP contribution is -2.25. The van der Waals surface area contributed by atoms with Crippen molar-refractivity contribution in [3.63, 3.8) is 0 Å². The second kappa shape index (κ2) is 15.7. The molecule has 8 aromatic rings. The van der Waals surface area contributed by atoms with Crippen LogP contribution < -0.4 is 14.5 Å². The second-order valence-electron chi connectivity index (χ2n) is 22.2. The van der Waals surface area contributed by atoms with Gasteiger partial charge in [0.15, 0.2) is 0 Å². The highest BCUT2D eigenvalue weighted by atomic mass is 16.5. The van der Waals surface area contributed by atoms with Crippen LogP contribution in [0.4, 0.5) is 22.7 Å². The van der Waals surface area contributed by atoms with Gasteiger partial charge in [0.05, 0.1) is 22.4 Å². The molecule has 65 heavy (non-hydrogen) atoms. The summed E-state index contributed by atoms with van der Waals surface area (Å²) < 4.78 is 34.9. The van der Waals surface area contributed by atoms with Crippen molar-refractivity contribution >= 4 is 44.6 Å². The number of benzene rings is 6. The summed E-state index contributed by atoms with van der Waals surface area (Å²) in [4.78, 5) is 9.78. The van der Waals surface area contributed by atoms with Gasteiger partial charge in [-0.15, -0.1) is 0 Å². The molecule has 6 aromatic carbocycles. The van der Waals surface area contributed by atoms with Gasteiger partial charge in [-0.05, 0) is 153 Å². The number of hydrogen-bond donors (Lipinski definition) is 0. The number of pyridine rings is 1. The van der Waals surface area contributed by atoms with E-state index in [9.17, 15) is 0 Å². The zero-order chi connectivity index (χ0) is 48.9. The van der Waals surface area contributed by atoms with Crippen LogP contribution in [0.2, 0.25) is 0 Å². The molecule has 2 aromatic heterocycles. The van der Waals surface area contributed by atoms with Crippen LogP contribution in [0.3, 0.4) is 0 Å². The first-order chi connectivity index (χ1) is 31.8. The molecule has 0 spiro atoms. The summed E-state index contributed by atoms with van der Waals surface area (Å²) >= 11 is 0. The van der Waals surface area contributed by atoms with Gasteiger partial charge in [0.2, 0.25) is 0 Å². The molecule has 5 heteroatoms. The van der Waals surface area contributed by atoms with Crippen molar-refractivity contribution in [2.24, 2.45) is 0 Å². The fourth-order valence-electron chi connectivity index (χ4n) is 9.22. The van der Waals surface area contributed by atoms with Crippen LogP contribution >= 0.6 is 0 Å². The maximum atomic E-state index is 8.64. The van der Waals surface area contributed by atoms with Crippen LogP contribution in [0, 0.1) is 13.8 Å². The van der Waals surface area contributed by atoms with Crippen LogP contribution in [0.15, 0.2) is 134 Å². The third-order valence-electron chi connectivity index (χ3n) is 13.1. The fraction of sp³-hybridized carbons (Fsp3) is 0.317. The van der Waals surface area contributed by atoms with Gasteiger partial charge in [-0.1, -0.05) is 126 Å². The van der Waals surface area contributed by atoms with E-state index in [0.717, 1.165) is 61.2 Å². The van der Waals surface area contributed by atoms with E-state index in [1.807, 2.05) is 31.2 Å². The van der Waals surface area contributed by atoms with Gasteiger partial charge in [0, 0.05) is 44.6 Å². The highest BCUT2D eigenvalue weighted by Gasteiger charge is 2.31. The first kappa shape index (κ1) is 40.2. The number of aromatic nitrogens is 2. The molecule has 3 heterocycles. The molecule has 9 rings (SSSR count). The van der Waals surface area contributed by atoms with Gasteiger partial charge in [0.1, 0.15) is 24.0 Å². The summed E-state index contributed by atoms with van der Waals surface area (Å²) in [5.74, 6) is 2.12. The molecule has 1 aliphatic rings. The predicted molar refractivity (Wildman–Crippen MR) is 277 cm³/mol. The second-order valence-corrected chi connectivity index (χ2v) is 22.2. The van der Waals surface area contributed by atoms with E-state index >= 15 is 0 Å². The Hall–Kier alpha value is -6.33. The summed E-state index contributed by atoms with van der Waals surface area (Å²) in [6.45, 7) is 27.2. The zero-order valence-electron chi connectivity index (χ0n) is 43.6. The topological polar surface area (TPSA) is 33.5 Å². The van der Waals surface area contributed by atoms with Gasteiger partial charge in [-0.3, -0.25) is 4.57 Å². The minimum atomic E-state index is -2.31. The molecule has 0 N–H and O–H groups in total. The average Bonchev–Trinajstić information content (AvgIpc) is 3.80. The number of aryl methyl sites for hydroxylation is 2. The van der Waals surface area contributed by atoms with Gasteiger partial charge >= 0.3 is 0 Å². The molecule has 0 amide bonds. The maximum absolute atomic E-state index is 8.64. The van der Waals surface area contributed by atoms with E-state index in [2.05, 4.69) is 201 Å². The Bertz CT molecular complexity index is 3210. The SMILES string of the molecule is [2H]C([2H])([2H])c1cc(C(C)(C)C)cc(C)c1-c1ccnc(-n2c3ccc(C(C)(C)C)cc3c3ccc(Oc4cccc(N5CN(c6cc(C(C)(C)C)cc(C(C)(C)C)c6)c6ccccc65)c4)cc32)c1. The van der Waals surface area contributed by atoms with E-state index in [-0.39, 0.29) is 21.7 Å². The first-order valence-electron chi connectivity index (χ1n) is 24.5. The van der Waals surface area contributed by atoms with Crippen molar-refractivity contribution in [3.8, 4) is 28.4 Å². The molecule has 0 atom stereocenters. The lowest BCUT2D eigenvalue weighted by molar-refractivity contribution is 0.483. The standard InChI is InChI=1S/C60H66N4O/c1-38-28-42(58(6,7)8)29-39(2)56(38)40-26-27-61-55(30-40)64-51-25-22-41(57(3,4)5)34-50(51)49-24-23-48(36-54(49)64)65-47-19-17-18-45(35-47)62-37-63(53-21-16-15-20-52(53)62)46-32-43(59(9,10)11)31-44(33-46)60(12,13)14/h15-36H,37H2,1-14H3/i1D3. The maximum Gasteiger partial charge on any atom is 0.138 e. The zero-order valence-corrected chi connectivity index (χ0v) is 40.6. The molecular weight excluding hydrogens is 793 g/mol. The summed E-state index contributed by atoms with van der Waals surface area (Å²) in [5, 5.41) is 2.19. The van der Waals surface area contributed by atoms with Gasteiger partial charge in [-0.25, -0.2) is 4.98 Å². The Kier molecular flexibility index (Phi) is 9.70. The molecule has 1 aliphatic heterocycles. The van der Waals surface area contributed by atoms with Gasteiger partial charge in [-0.2, -0.15) is 0 Å². The van der Waals surface area contributed by atoms with Crippen molar-refractivity contribution in [3.05, 3.63) is 167 Å². The fourth-order valence-corrected chi connectivity index (χ4v) is 9.22. The minimum absolute atomic E-state index is 0.00262. The van der Waals surface area contributed by atoms with Crippen LogP contribution in [-0.4, -0.2) is 16.2 Å². The molecule has 0 saturated heterocycles. The third kappa shape index (κ3) is 8.31. The monoisotopic (exact) mass is 862 g/mol. The summed E-state index contributed by atoms with van der Waals surface area (Å²) in [6.07, 6.45) is 1.79. The summed E-state index contributed by atoms with van der Waals surface area (Å²) in [7, 11) is 0. The van der Waals surface area contributed by atoms with Crippen LogP contribution in [-0.2, 0) is 21.7 Å². The van der Waals surface area contributed by atoms with Crippen LogP contribution in [0.25, 0.3) is 38.8 Å². The van der Waals surface area contributed by atoms with Gasteiger partial charge < -0.3 is 14.5 Å². The number of fused-ring (bicyclic) bond motifs is 4. The van der Waals surface area contributed by atoms with Gasteiger partial charge in [0.25, 0.3) is 0 Å². The minimum Gasteiger partial charge on any atom is -0.457 e. The Morgan fingerprint density at radius 2 is 1.12 bits per heavy atom. The van der Waals surface area contributed by atoms with E-state index in [1.165, 1.54) is 28.1 Å². The summed E-state index contributed by atoms with van der Waals surface area (Å²) in [6, 6.07) is 45.1. The van der Waals surface area contributed by atoms with Crippen LogP contribution in [0.5, 0.6) is 11.5 Å². The van der Waals surface area contributed by atoms with Crippen molar-refractivity contribution in [2.75, 3.05) is 16.5 Å². The number of hydrogen-bond acceptors (Lipinski definition) is 4. The predicted octanol–water partition coefficient (Wildman–Crippen LogP) is 16.7. The highest BCUT2D eigenvalue weighted by molar-refractivity contribution is 6.10. The number of nitrogens with zero attached hydrogens (tertiary/aromatic N) is 4. The number of ether oxygens (including phenoxy) is 1. The molecular formula is C60H66N4O. The Morgan fingerprint density at radius 3 is 1.77 bits per heavy atom. The molecule has 0 fully saturated rings. The largest absolute Gasteiger partial charge is 0.457 e. The first-order valence-corrected chi connectivity index (χ1v) is 23.0. The molecule has 0 saturated carbocycles. The number of rotatable bonds is 6. The Balaban J connectivity index is 1.12. The summed E-state index contributed by atoms with van der Waals surface area (Å²) in [5.41, 5.74) is 13.9. The van der Waals surface area contributed by atoms with E-state index in [4.69, 9.17) is 13.8 Å². The normalized spacial score (nSPS) is 14.4. The lowest BCUT2D eigenvalue weighted by atomic mass is 9.80.